The molecule has 2 atom stereocenters. The summed E-state index contributed by atoms with van der Waals surface area (Å²) in [5.41, 5.74) is -0.359. The van der Waals surface area contributed by atoms with E-state index < -0.39 is 12.2 Å². The lowest BCUT2D eigenvalue weighted by Crippen LogP contribution is -2.33. The molecule has 0 aromatic carbocycles. The SMILES string of the molecule is CCCn1ccnc1C(O)C(O)C(C)(C)C. The maximum absolute atomic E-state index is 10.1. The Bertz CT molecular complexity index is 328. The number of aliphatic hydroxyl groups excluding tert-OH is 2. The molecule has 4 heteroatoms. The predicted octanol–water partition coefficient (Wildman–Crippen LogP) is 1.73. The van der Waals surface area contributed by atoms with E-state index >= 15 is 0 Å². The molecule has 2 unspecified atom stereocenters. The number of aromatic nitrogens is 2. The first-order valence-corrected chi connectivity index (χ1v) is 5.75. The van der Waals surface area contributed by atoms with Crippen molar-refractivity contribution >= 4 is 0 Å². The monoisotopic (exact) mass is 226 g/mol. The van der Waals surface area contributed by atoms with E-state index in [-0.39, 0.29) is 5.41 Å². The van der Waals surface area contributed by atoms with E-state index in [2.05, 4.69) is 11.9 Å². The highest BCUT2D eigenvalue weighted by Gasteiger charge is 2.32. The molecule has 1 aromatic rings. The minimum absolute atomic E-state index is 0.359. The molecule has 1 rings (SSSR count). The van der Waals surface area contributed by atoms with E-state index in [0.717, 1.165) is 13.0 Å². The summed E-state index contributed by atoms with van der Waals surface area (Å²) in [6, 6.07) is 0. The number of rotatable bonds is 4. The fourth-order valence-electron chi connectivity index (χ4n) is 1.63. The van der Waals surface area contributed by atoms with E-state index in [1.165, 1.54) is 0 Å². The van der Waals surface area contributed by atoms with Gasteiger partial charge in [0.1, 0.15) is 11.9 Å². The standard InChI is InChI=1S/C12H22N2O2/c1-5-7-14-8-6-13-11(14)9(15)10(16)12(2,3)4/h6,8-10,15-16H,5,7H2,1-4H3. The van der Waals surface area contributed by atoms with Crippen LogP contribution in [0, 0.1) is 5.41 Å². The van der Waals surface area contributed by atoms with Gasteiger partial charge in [-0.2, -0.15) is 0 Å². The van der Waals surface area contributed by atoms with Crippen molar-refractivity contribution in [2.45, 2.75) is 52.9 Å². The summed E-state index contributed by atoms with van der Waals surface area (Å²) in [6.45, 7) is 8.57. The van der Waals surface area contributed by atoms with Gasteiger partial charge in [0.2, 0.25) is 0 Å². The molecule has 0 aliphatic carbocycles. The van der Waals surface area contributed by atoms with Crippen LogP contribution in [0.5, 0.6) is 0 Å². The Labute approximate surface area is 96.9 Å². The second-order valence-corrected chi connectivity index (χ2v) is 5.23. The van der Waals surface area contributed by atoms with Crippen molar-refractivity contribution in [2.75, 3.05) is 0 Å². The third-order valence-corrected chi connectivity index (χ3v) is 2.66. The molecular formula is C12H22N2O2. The molecule has 4 nitrogen and oxygen atoms in total. The van der Waals surface area contributed by atoms with Gasteiger partial charge in [0, 0.05) is 18.9 Å². The first kappa shape index (κ1) is 13.2. The third kappa shape index (κ3) is 2.83. The molecule has 0 bridgehead atoms. The average Bonchev–Trinajstić information content (AvgIpc) is 2.63. The fraction of sp³-hybridized carbons (Fsp3) is 0.750. The zero-order valence-corrected chi connectivity index (χ0v) is 10.5. The number of aliphatic hydroxyl groups is 2. The van der Waals surface area contributed by atoms with Crippen molar-refractivity contribution in [1.82, 2.24) is 9.55 Å². The van der Waals surface area contributed by atoms with Crippen LogP contribution in [-0.4, -0.2) is 25.9 Å². The molecule has 0 aliphatic rings. The van der Waals surface area contributed by atoms with Crippen LogP contribution in [0.4, 0.5) is 0 Å². The number of hydrogen-bond acceptors (Lipinski definition) is 3. The zero-order chi connectivity index (χ0) is 12.3. The lowest BCUT2D eigenvalue weighted by molar-refractivity contribution is -0.0511. The minimum Gasteiger partial charge on any atom is -0.389 e. The maximum atomic E-state index is 10.1. The van der Waals surface area contributed by atoms with Crippen LogP contribution < -0.4 is 0 Å². The highest BCUT2D eigenvalue weighted by atomic mass is 16.3. The van der Waals surface area contributed by atoms with Crippen molar-refractivity contribution < 1.29 is 10.2 Å². The zero-order valence-electron chi connectivity index (χ0n) is 10.5. The number of hydrogen-bond donors (Lipinski definition) is 2. The Kier molecular flexibility index (Phi) is 4.10. The average molecular weight is 226 g/mol. The molecule has 1 aromatic heterocycles. The van der Waals surface area contributed by atoms with E-state index in [4.69, 9.17) is 0 Å². The summed E-state index contributed by atoms with van der Waals surface area (Å²) in [6.07, 6.45) is 2.72. The summed E-state index contributed by atoms with van der Waals surface area (Å²) in [4.78, 5) is 4.12. The first-order chi connectivity index (χ1) is 7.38. The quantitative estimate of drug-likeness (QED) is 0.822. The van der Waals surface area contributed by atoms with Gasteiger partial charge in [0.25, 0.3) is 0 Å². The van der Waals surface area contributed by atoms with E-state index in [9.17, 15) is 10.2 Å². The van der Waals surface area contributed by atoms with Crippen LogP contribution in [0.2, 0.25) is 0 Å². The summed E-state index contributed by atoms with van der Waals surface area (Å²) in [5, 5.41) is 20.1. The van der Waals surface area contributed by atoms with Crippen LogP contribution in [0.25, 0.3) is 0 Å². The Hall–Kier alpha value is -0.870. The molecule has 16 heavy (non-hydrogen) atoms. The Morgan fingerprint density at radius 3 is 2.50 bits per heavy atom. The summed E-state index contributed by atoms with van der Waals surface area (Å²) >= 11 is 0. The summed E-state index contributed by atoms with van der Waals surface area (Å²) < 4.78 is 1.89. The molecular weight excluding hydrogens is 204 g/mol. The van der Waals surface area contributed by atoms with Gasteiger partial charge in [0.15, 0.2) is 0 Å². The lowest BCUT2D eigenvalue weighted by atomic mass is 9.85. The maximum Gasteiger partial charge on any atom is 0.140 e. The second kappa shape index (κ2) is 4.97. The van der Waals surface area contributed by atoms with E-state index in [1.54, 1.807) is 6.20 Å². The topological polar surface area (TPSA) is 58.3 Å². The van der Waals surface area contributed by atoms with E-state index in [0.29, 0.717) is 5.82 Å². The molecule has 0 fully saturated rings. The van der Waals surface area contributed by atoms with Crippen LogP contribution in [0.3, 0.4) is 0 Å². The smallest absolute Gasteiger partial charge is 0.140 e. The van der Waals surface area contributed by atoms with Gasteiger partial charge >= 0.3 is 0 Å². The fourth-order valence-corrected chi connectivity index (χ4v) is 1.63. The van der Waals surface area contributed by atoms with Crippen LogP contribution in [-0.2, 0) is 6.54 Å². The Morgan fingerprint density at radius 2 is 2.00 bits per heavy atom. The van der Waals surface area contributed by atoms with Crippen molar-refractivity contribution in [3.8, 4) is 0 Å². The van der Waals surface area contributed by atoms with Gasteiger partial charge in [-0.3, -0.25) is 0 Å². The van der Waals surface area contributed by atoms with Crippen LogP contribution in [0.1, 0.15) is 46.0 Å². The molecule has 1 heterocycles. The van der Waals surface area contributed by atoms with Gasteiger partial charge in [-0.25, -0.2) is 4.98 Å². The van der Waals surface area contributed by atoms with Gasteiger partial charge in [-0.15, -0.1) is 0 Å². The largest absolute Gasteiger partial charge is 0.389 e. The Morgan fingerprint density at radius 1 is 1.38 bits per heavy atom. The molecule has 0 amide bonds. The van der Waals surface area contributed by atoms with Gasteiger partial charge in [0.05, 0.1) is 6.10 Å². The van der Waals surface area contributed by atoms with Crippen molar-refractivity contribution in [3.05, 3.63) is 18.2 Å². The number of aryl methyl sites for hydroxylation is 1. The summed E-state index contributed by atoms with van der Waals surface area (Å²) in [7, 11) is 0. The van der Waals surface area contributed by atoms with Gasteiger partial charge < -0.3 is 14.8 Å². The van der Waals surface area contributed by atoms with E-state index in [1.807, 2.05) is 31.5 Å². The van der Waals surface area contributed by atoms with Gasteiger partial charge in [-0.05, 0) is 11.8 Å². The highest BCUT2D eigenvalue weighted by molar-refractivity contribution is 5.00. The van der Waals surface area contributed by atoms with Crippen molar-refractivity contribution in [2.24, 2.45) is 5.41 Å². The minimum atomic E-state index is -0.929. The predicted molar refractivity (Wildman–Crippen MR) is 62.9 cm³/mol. The Balaban J connectivity index is 2.87. The molecule has 0 spiro atoms. The second-order valence-electron chi connectivity index (χ2n) is 5.23. The lowest BCUT2D eigenvalue weighted by Gasteiger charge is -2.29. The summed E-state index contributed by atoms with van der Waals surface area (Å²) in [5.74, 6) is 0.546. The number of imidazole rings is 1. The first-order valence-electron chi connectivity index (χ1n) is 5.75. The molecule has 0 saturated carbocycles. The van der Waals surface area contributed by atoms with Crippen molar-refractivity contribution in [1.29, 1.82) is 0 Å². The molecule has 0 saturated heterocycles. The number of nitrogens with zero attached hydrogens (tertiary/aromatic N) is 2. The van der Waals surface area contributed by atoms with Crippen molar-refractivity contribution in [3.63, 3.8) is 0 Å². The van der Waals surface area contributed by atoms with Crippen LogP contribution in [0.15, 0.2) is 12.4 Å². The molecule has 92 valence electrons. The van der Waals surface area contributed by atoms with Crippen LogP contribution >= 0.6 is 0 Å². The normalized spacial score (nSPS) is 16.1. The van der Waals surface area contributed by atoms with Gasteiger partial charge in [-0.1, -0.05) is 27.7 Å². The molecule has 0 radical (unpaired) electrons. The molecule has 0 aliphatic heterocycles. The third-order valence-electron chi connectivity index (χ3n) is 2.66. The highest BCUT2D eigenvalue weighted by Crippen LogP contribution is 2.29. The molecule has 2 N–H and O–H groups in total.